The molecule has 0 unspecified atom stereocenters. The zero-order chi connectivity index (χ0) is 12.3. The van der Waals surface area contributed by atoms with Gasteiger partial charge in [0.2, 0.25) is 0 Å². The van der Waals surface area contributed by atoms with E-state index in [4.69, 9.17) is 0 Å². The summed E-state index contributed by atoms with van der Waals surface area (Å²) in [6.07, 6.45) is 1.84. The molecule has 0 aliphatic carbocycles. The number of aromatic nitrogens is 3. The van der Waals surface area contributed by atoms with E-state index in [1.54, 1.807) is 10.7 Å². The van der Waals surface area contributed by atoms with E-state index < -0.39 is 0 Å². The second kappa shape index (κ2) is 5.37. The molecule has 2 aromatic rings. The molecule has 0 saturated carbocycles. The third-order valence-corrected chi connectivity index (χ3v) is 3.05. The van der Waals surface area contributed by atoms with Gasteiger partial charge in [0, 0.05) is 30.8 Å². The summed E-state index contributed by atoms with van der Waals surface area (Å²) in [6.45, 7) is 1.19. The number of hydrogen-bond donors (Lipinski definition) is 1. The highest BCUT2D eigenvalue weighted by Crippen LogP contribution is 2.17. The number of rotatable bonds is 4. The molecule has 0 spiro atoms. The standard InChI is InChI=1S/C11H12BrFN4/c1-17-7-10(15-16-17)6-14-5-8-4-9(13)2-3-11(8)12/h2-4,7,14H,5-6H2,1H3. The van der Waals surface area contributed by atoms with Gasteiger partial charge < -0.3 is 5.32 Å². The average molecular weight is 299 g/mol. The first-order chi connectivity index (χ1) is 8.15. The lowest BCUT2D eigenvalue weighted by Gasteiger charge is -2.05. The molecule has 1 aromatic carbocycles. The summed E-state index contributed by atoms with van der Waals surface area (Å²) in [7, 11) is 1.82. The number of halogens is 2. The van der Waals surface area contributed by atoms with Gasteiger partial charge in [0.1, 0.15) is 5.82 Å². The Hall–Kier alpha value is -1.27. The van der Waals surface area contributed by atoms with Gasteiger partial charge >= 0.3 is 0 Å². The molecule has 90 valence electrons. The molecule has 0 fully saturated rings. The van der Waals surface area contributed by atoms with Crippen molar-refractivity contribution in [3.63, 3.8) is 0 Å². The highest BCUT2D eigenvalue weighted by molar-refractivity contribution is 9.10. The minimum atomic E-state index is -0.232. The van der Waals surface area contributed by atoms with E-state index >= 15 is 0 Å². The van der Waals surface area contributed by atoms with Crippen molar-refractivity contribution < 1.29 is 4.39 Å². The second-order valence-corrected chi connectivity index (χ2v) is 4.58. The van der Waals surface area contributed by atoms with Gasteiger partial charge in [-0.15, -0.1) is 5.10 Å². The van der Waals surface area contributed by atoms with Gasteiger partial charge in [-0.3, -0.25) is 4.68 Å². The van der Waals surface area contributed by atoms with Crippen molar-refractivity contribution in [1.29, 1.82) is 0 Å². The van der Waals surface area contributed by atoms with Crippen LogP contribution in [0.15, 0.2) is 28.9 Å². The summed E-state index contributed by atoms with van der Waals surface area (Å²) in [5.74, 6) is -0.232. The van der Waals surface area contributed by atoms with E-state index in [2.05, 4.69) is 31.6 Å². The van der Waals surface area contributed by atoms with Gasteiger partial charge in [-0.1, -0.05) is 21.1 Å². The predicted molar refractivity (Wildman–Crippen MR) is 65.6 cm³/mol. The summed E-state index contributed by atoms with van der Waals surface area (Å²) in [6, 6.07) is 4.64. The molecule has 0 bridgehead atoms. The van der Waals surface area contributed by atoms with Crippen LogP contribution in [0.5, 0.6) is 0 Å². The first-order valence-corrected chi connectivity index (χ1v) is 5.94. The molecule has 1 heterocycles. The minimum absolute atomic E-state index is 0.232. The fourth-order valence-electron chi connectivity index (χ4n) is 1.48. The van der Waals surface area contributed by atoms with Gasteiger partial charge in [-0.05, 0) is 23.8 Å². The Labute approximate surface area is 107 Å². The SMILES string of the molecule is Cn1cc(CNCc2cc(F)ccc2Br)nn1. The maximum Gasteiger partial charge on any atom is 0.123 e. The van der Waals surface area contributed by atoms with Gasteiger partial charge in [-0.2, -0.15) is 0 Å². The highest BCUT2D eigenvalue weighted by atomic mass is 79.9. The van der Waals surface area contributed by atoms with Crippen LogP contribution in [-0.2, 0) is 20.1 Å². The number of aryl methyl sites for hydroxylation is 1. The van der Waals surface area contributed by atoms with Crippen LogP contribution in [0.4, 0.5) is 4.39 Å². The molecule has 17 heavy (non-hydrogen) atoms. The van der Waals surface area contributed by atoms with E-state index in [0.717, 1.165) is 15.7 Å². The third kappa shape index (κ3) is 3.34. The van der Waals surface area contributed by atoms with Gasteiger partial charge in [0.05, 0.1) is 5.69 Å². The molecule has 0 aliphatic heterocycles. The third-order valence-electron chi connectivity index (χ3n) is 2.28. The molecule has 0 aliphatic rings. The molecular weight excluding hydrogens is 287 g/mol. The molecule has 0 radical (unpaired) electrons. The Kier molecular flexibility index (Phi) is 3.86. The lowest BCUT2D eigenvalue weighted by molar-refractivity contribution is 0.618. The Bertz CT molecular complexity index is 512. The minimum Gasteiger partial charge on any atom is -0.307 e. The summed E-state index contributed by atoms with van der Waals surface area (Å²) < 4.78 is 15.6. The molecule has 1 aromatic heterocycles. The van der Waals surface area contributed by atoms with Crippen LogP contribution in [0.1, 0.15) is 11.3 Å². The number of benzene rings is 1. The lowest BCUT2D eigenvalue weighted by atomic mass is 10.2. The van der Waals surface area contributed by atoms with E-state index in [0.29, 0.717) is 13.1 Å². The van der Waals surface area contributed by atoms with Gasteiger partial charge in [-0.25, -0.2) is 4.39 Å². The smallest absolute Gasteiger partial charge is 0.123 e. The largest absolute Gasteiger partial charge is 0.307 e. The van der Waals surface area contributed by atoms with Crippen LogP contribution in [0.25, 0.3) is 0 Å². The average Bonchev–Trinajstić information content (AvgIpc) is 2.69. The Balaban J connectivity index is 1.91. The molecule has 6 heteroatoms. The number of nitrogens with zero attached hydrogens (tertiary/aromatic N) is 3. The molecule has 4 nitrogen and oxygen atoms in total. The molecule has 0 amide bonds. The van der Waals surface area contributed by atoms with Crippen molar-refractivity contribution in [1.82, 2.24) is 20.3 Å². The van der Waals surface area contributed by atoms with E-state index in [1.165, 1.54) is 12.1 Å². The van der Waals surface area contributed by atoms with Crippen molar-refractivity contribution in [2.24, 2.45) is 7.05 Å². The van der Waals surface area contributed by atoms with Crippen LogP contribution in [0, 0.1) is 5.82 Å². The van der Waals surface area contributed by atoms with Crippen LogP contribution < -0.4 is 5.32 Å². The molecule has 0 saturated heterocycles. The maximum absolute atomic E-state index is 13.0. The Morgan fingerprint density at radius 3 is 2.94 bits per heavy atom. The van der Waals surface area contributed by atoms with Crippen LogP contribution in [-0.4, -0.2) is 15.0 Å². The summed E-state index contributed by atoms with van der Waals surface area (Å²) >= 11 is 3.38. The van der Waals surface area contributed by atoms with Gasteiger partial charge in [0.25, 0.3) is 0 Å². The van der Waals surface area contributed by atoms with Crippen molar-refractivity contribution in [2.45, 2.75) is 13.1 Å². The number of nitrogens with one attached hydrogen (secondary N) is 1. The monoisotopic (exact) mass is 298 g/mol. The molecular formula is C11H12BrFN4. The normalized spacial score (nSPS) is 10.8. The van der Waals surface area contributed by atoms with Crippen LogP contribution in [0.2, 0.25) is 0 Å². The van der Waals surface area contributed by atoms with Crippen LogP contribution >= 0.6 is 15.9 Å². The first-order valence-electron chi connectivity index (χ1n) is 5.15. The Morgan fingerprint density at radius 1 is 1.41 bits per heavy atom. The second-order valence-electron chi connectivity index (χ2n) is 3.72. The fourth-order valence-corrected chi connectivity index (χ4v) is 1.87. The predicted octanol–water partition coefficient (Wildman–Crippen LogP) is 2.01. The zero-order valence-corrected chi connectivity index (χ0v) is 10.9. The van der Waals surface area contributed by atoms with E-state index in [1.807, 2.05) is 13.2 Å². The van der Waals surface area contributed by atoms with E-state index in [-0.39, 0.29) is 5.82 Å². The van der Waals surface area contributed by atoms with Crippen molar-refractivity contribution in [3.8, 4) is 0 Å². The van der Waals surface area contributed by atoms with E-state index in [9.17, 15) is 4.39 Å². The maximum atomic E-state index is 13.0. The summed E-state index contributed by atoms with van der Waals surface area (Å²) in [4.78, 5) is 0. The fraction of sp³-hybridized carbons (Fsp3) is 0.273. The summed E-state index contributed by atoms with van der Waals surface area (Å²) in [5.41, 5.74) is 1.74. The number of hydrogen-bond acceptors (Lipinski definition) is 3. The topological polar surface area (TPSA) is 42.7 Å². The van der Waals surface area contributed by atoms with Gasteiger partial charge in [0.15, 0.2) is 0 Å². The molecule has 1 N–H and O–H groups in total. The quantitative estimate of drug-likeness (QED) is 0.939. The zero-order valence-electron chi connectivity index (χ0n) is 9.32. The van der Waals surface area contributed by atoms with Crippen molar-refractivity contribution in [2.75, 3.05) is 0 Å². The van der Waals surface area contributed by atoms with Crippen molar-refractivity contribution in [3.05, 3.63) is 45.9 Å². The first kappa shape index (κ1) is 12.2. The summed E-state index contributed by atoms with van der Waals surface area (Å²) in [5, 5.41) is 11.0. The molecule has 2 rings (SSSR count). The lowest BCUT2D eigenvalue weighted by Crippen LogP contribution is -2.13. The highest BCUT2D eigenvalue weighted by Gasteiger charge is 2.02. The van der Waals surface area contributed by atoms with Crippen LogP contribution in [0.3, 0.4) is 0 Å². The van der Waals surface area contributed by atoms with Crippen molar-refractivity contribution >= 4 is 15.9 Å². The Morgan fingerprint density at radius 2 is 2.24 bits per heavy atom. The molecule has 0 atom stereocenters.